The summed E-state index contributed by atoms with van der Waals surface area (Å²) in [6, 6.07) is 0. The van der Waals surface area contributed by atoms with Gasteiger partial charge in [0.05, 0.1) is 11.2 Å². The molecule has 0 aromatic heterocycles. The number of hydrogen-bond acceptors (Lipinski definition) is 5. The minimum absolute atomic E-state index is 0. The SMILES string of the molecule is CC(C)(CCCOCCCC(C)(C)OP(=O)(O)O)OP(=O)(O)O.[H-].[Na+]. The zero-order valence-corrected chi connectivity index (χ0v) is 18.8. The molecule has 0 amide bonds. The standard InChI is InChI=1S/C12H28O9P2.Na.H/c1-11(2,20-22(13,14)15)7-5-9-19-10-6-8-12(3,4)21-23(16,17)18;;/h5-10H2,1-4H3,(H2,13,14,15)(H2,16,17,18);;/q;+1;-1. The van der Waals surface area contributed by atoms with E-state index in [4.69, 9.17) is 24.3 Å². The summed E-state index contributed by atoms with van der Waals surface area (Å²) in [7, 11) is -9.02. The van der Waals surface area contributed by atoms with E-state index in [1.165, 1.54) is 0 Å². The Morgan fingerprint density at radius 2 is 1.08 bits per heavy atom. The second-order valence-electron chi connectivity index (χ2n) is 6.50. The molecule has 0 aliphatic rings. The fourth-order valence-electron chi connectivity index (χ4n) is 2.04. The molecule has 0 aliphatic heterocycles. The van der Waals surface area contributed by atoms with Crippen LogP contribution in [0.5, 0.6) is 0 Å². The van der Waals surface area contributed by atoms with Crippen molar-refractivity contribution in [3.8, 4) is 0 Å². The van der Waals surface area contributed by atoms with Crippen LogP contribution in [0.25, 0.3) is 0 Å². The van der Waals surface area contributed by atoms with Crippen molar-refractivity contribution >= 4 is 15.6 Å². The van der Waals surface area contributed by atoms with Crippen molar-refractivity contribution in [2.75, 3.05) is 13.2 Å². The molecule has 4 N–H and O–H groups in total. The van der Waals surface area contributed by atoms with Gasteiger partial charge in [-0.15, -0.1) is 0 Å². The minimum atomic E-state index is -4.51. The Bertz CT molecular complexity index is 410. The molecule has 0 heterocycles. The molecule has 0 rings (SSSR count). The average molecular weight is 402 g/mol. The zero-order valence-electron chi connectivity index (χ0n) is 16.0. The van der Waals surface area contributed by atoms with Crippen LogP contribution in [0.15, 0.2) is 0 Å². The Balaban J connectivity index is -0.00000242. The van der Waals surface area contributed by atoms with Gasteiger partial charge in [0.1, 0.15) is 0 Å². The average Bonchev–Trinajstić information content (AvgIpc) is 2.20. The molecule has 0 bridgehead atoms. The molecule has 0 saturated heterocycles. The van der Waals surface area contributed by atoms with Crippen molar-refractivity contribution in [1.82, 2.24) is 0 Å². The molecule has 0 fully saturated rings. The third-order valence-electron chi connectivity index (χ3n) is 2.87. The quantitative estimate of drug-likeness (QED) is 0.192. The molecular formula is C12H29NaO9P2. The normalized spacial score (nSPS) is 13.7. The van der Waals surface area contributed by atoms with Crippen molar-refractivity contribution in [3.63, 3.8) is 0 Å². The molecule has 0 radical (unpaired) electrons. The number of rotatable bonds is 12. The molecule has 0 aromatic rings. The number of hydrogen-bond donors (Lipinski definition) is 4. The molecule has 24 heavy (non-hydrogen) atoms. The monoisotopic (exact) mass is 402 g/mol. The first-order chi connectivity index (χ1) is 10.1. The van der Waals surface area contributed by atoms with Crippen LogP contribution in [0.4, 0.5) is 0 Å². The van der Waals surface area contributed by atoms with Gasteiger partial charge in [-0.05, 0) is 53.4 Å². The van der Waals surface area contributed by atoms with E-state index in [2.05, 4.69) is 9.05 Å². The summed E-state index contributed by atoms with van der Waals surface area (Å²) in [6.45, 7) is 7.16. The molecule has 142 valence electrons. The van der Waals surface area contributed by atoms with E-state index in [1.807, 2.05) is 0 Å². The van der Waals surface area contributed by atoms with Crippen molar-refractivity contribution in [1.29, 1.82) is 0 Å². The second-order valence-corrected chi connectivity index (χ2v) is 8.83. The van der Waals surface area contributed by atoms with E-state index in [0.717, 1.165) is 0 Å². The van der Waals surface area contributed by atoms with Crippen LogP contribution >= 0.6 is 15.6 Å². The summed E-state index contributed by atoms with van der Waals surface area (Å²) < 4.78 is 36.3. The molecular weight excluding hydrogens is 373 g/mol. The third kappa shape index (κ3) is 18.0. The summed E-state index contributed by atoms with van der Waals surface area (Å²) in [6.07, 6.45) is 1.97. The van der Waals surface area contributed by atoms with Crippen LogP contribution in [0.1, 0.15) is 54.8 Å². The van der Waals surface area contributed by atoms with Gasteiger partial charge in [0, 0.05) is 13.2 Å². The van der Waals surface area contributed by atoms with Crippen molar-refractivity contribution in [2.45, 2.75) is 64.6 Å². The Morgan fingerprint density at radius 1 is 0.792 bits per heavy atom. The number of ether oxygens (including phenoxy) is 1. The van der Waals surface area contributed by atoms with Crippen LogP contribution in [-0.4, -0.2) is 44.0 Å². The molecule has 0 aromatic carbocycles. The van der Waals surface area contributed by atoms with E-state index in [-0.39, 0.29) is 31.0 Å². The maximum atomic E-state index is 10.8. The molecule has 9 nitrogen and oxygen atoms in total. The van der Waals surface area contributed by atoms with Gasteiger partial charge in [-0.1, -0.05) is 0 Å². The largest absolute Gasteiger partial charge is 1.00 e. The van der Waals surface area contributed by atoms with Crippen molar-refractivity contribution in [3.05, 3.63) is 0 Å². The van der Waals surface area contributed by atoms with Crippen LogP contribution < -0.4 is 29.6 Å². The van der Waals surface area contributed by atoms with Gasteiger partial charge in [-0.3, -0.25) is 9.05 Å². The molecule has 0 aliphatic carbocycles. The third-order valence-corrected chi connectivity index (χ3v) is 4.33. The van der Waals surface area contributed by atoms with E-state index in [0.29, 0.717) is 38.9 Å². The predicted molar refractivity (Wildman–Crippen MR) is 84.8 cm³/mol. The van der Waals surface area contributed by atoms with Gasteiger partial charge < -0.3 is 25.7 Å². The van der Waals surface area contributed by atoms with E-state index < -0.39 is 26.8 Å². The molecule has 12 heteroatoms. The van der Waals surface area contributed by atoms with E-state index >= 15 is 0 Å². The van der Waals surface area contributed by atoms with Gasteiger partial charge in [-0.25, -0.2) is 9.13 Å². The Labute approximate surface area is 166 Å². The van der Waals surface area contributed by atoms with Gasteiger partial charge in [0.2, 0.25) is 0 Å². The number of phosphoric ester groups is 2. The molecule has 0 unspecified atom stereocenters. The first-order valence-electron chi connectivity index (χ1n) is 7.22. The maximum absolute atomic E-state index is 10.8. The summed E-state index contributed by atoms with van der Waals surface area (Å²) in [5.41, 5.74) is -1.89. The minimum Gasteiger partial charge on any atom is -1.00 e. The maximum Gasteiger partial charge on any atom is 1.00 e. The fraction of sp³-hybridized carbons (Fsp3) is 1.00. The van der Waals surface area contributed by atoms with Crippen molar-refractivity contribution < 1.29 is 73.5 Å². The van der Waals surface area contributed by atoms with Crippen LogP contribution in [0.3, 0.4) is 0 Å². The predicted octanol–water partition coefficient (Wildman–Crippen LogP) is -0.544. The Kier molecular flexibility index (Phi) is 12.7. The van der Waals surface area contributed by atoms with Crippen molar-refractivity contribution in [2.24, 2.45) is 0 Å². The summed E-state index contributed by atoms with van der Waals surface area (Å²) in [4.78, 5) is 35.1. The van der Waals surface area contributed by atoms with Gasteiger partial charge >= 0.3 is 45.2 Å². The van der Waals surface area contributed by atoms with Gasteiger partial charge in [0.25, 0.3) is 0 Å². The van der Waals surface area contributed by atoms with E-state index in [9.17, 15) is 9.13 Å². The number of phosphoric acid groups is 2. The van der Waals surface area contributed by atoms with Crippen LogP contribution in [-0.2, 0) is 22.9 Å². The summed E-state index contributed by atoms with van der Waals surface area (Å²) >= 11 is 0. The summed E-state index contributed by atoms with van der Waals surface area (Å²) in [5, 5.41) is 0. The van der Waals surface area contributed by atoms with E-state index in [1.54, 1.807) is 27.7 Å². The molecule has 0 saturated carbocycles. The first-order valence-corrected chi connectivity index (χ1v) is 10.3. The van der Waals surface area contributed by atoms with Crippen LogP contribution in [0.2, 0.25) is 0 Å². The van der Waals surface area contributed by atoms with Gasteiger partial charge in [0.15, 0.2) is 0 Å². The van der Waals surface area contributed by atoms with Crippen LogP contribution in [0, 0.1) is 0 Å². The fourth-order valence-corrected chi connectivity index (χ4v) is 3.51. The zero-order chi connectivity index (χ0) is 18.4. The smallest absolute Gasteiger partial charge is 1.00 e. The summed E-state index contributed by atoms with van der Waals surface area (Å²) in [5.74, 6) is 0. The second kappa shape index (κ2) is 11.1. The first kappa shape index (κ1) is 27.4. The Hall–Kier alpha value is 1.18. The Morgan fingerprint density at radius 3 is 1.33 bits per heavy atom. The van der Waals surface area contributed by atoms with Gasteiger partial charge in [-0.2, -0.15) is 0 Å². The molecule has 0 atom stereocenters. The molecule has 0 spiro atoms. The topological polar surface area (TPSA) is 143 Å².